The Kier molecular flexibility index (Phi) is 3.26. The topological polar surface area (TPSA) is 36.7 Å². The Morgan fingerprint density at radius 1 is 1.21 bits per heavy atom. The molecule has 2 nitrogen and oxygen atoms in total. The van der Waals surface area contributed by atoms with Gasteiger partial charge in [0.1, 0.15) is 0 Å². The monoisotopic (exact) mass is 262 g/mol. The van der Waals surface area contributed by atoms with Gasteiger partial charge in [-0.2, -0.15) is 18.4 Å². The van der Waals surface area contributed by atoms with Crippen LogP contribution in [0.5, 0.6) is 0 Å². The molecule has 0 saturated carbocycles. The smallest absolute Gasteiger partial charge is 0.261 e. The molecular formula is C14H9F3N2. The summed E-state index contributed by atoms with van der Waals surface area (Å²) in [5.74, 6) is 0. The third-order valence-corrected chi connectivity index (χ3v) is 2.76. The molecule has 19 heavy (non-hydrogen) atoms. The molecule has 0 aliphatic heterocycles. The largest absolute Gasteiger partial charge is 0.417 e. The Morgan fingerprint density at radius 3 is 2.53 bits per heavy atom. The third kappa shape index (κ3) is 2.58. The quantitative estimate of drug-likeness (QED) is 0.780. The van der Waals surface area contributed by atoms with Crippen molar-refractivity contribution in [2.75, 3.05) is 0 Å². The first-order valence-electron chi connectivity index (χ1n) is 5.47. The van der Waals surface area contributed by atoms with Crippen molar-refractivity contribution in [3.8, 4) is 17.2 Å². The Labute approximate surface area is 108 Å². The van der Waals surface area contributed by atoms with Crippen molar-refractivity contribution in [1.29, 1.82) is 5.26 Å². The van der Waals surface area contributed by atoms with Gasteiger partial charge in [-0.3, -0.25) is 4.98 Å². The van der Waals surface area contributed by atoms with E-state index in [1.807, 2.05) is 0 Å². The van der Waals surface area contributed by atoms with Crippen LogP contribution in [0.3, 0.4) is 0 Å². The highest BCUT2D eigenvalue weighted by atomic mass is 19.4. The van der Waals surface area contributed by atoms with E-state index in [-0.39, 0.29) is 5.56 Å². The summed E-state index contributed by atoms with van der Waals surface area (Å²) in [6.07, 6.45) is -2.97. The number of aryl methyl sites for hydroxylation is 1. The summed E-state index contributed by atoms with van der Waals surface area (Å²) in [7, 11) is 0. The normalized spacial score (nSPS) is 11.1. The highest BCUT2D eigenvalue weighted by Gasteiger charge is 2.33. The standard InChI is InChI=1S/C14H9F3N2/c1-9-12(3-2-6-19-9)10-4-5-11(8-18)13(7-10)14(15,16)17/h2-7H,1H3. The molecule has 0 N–H and O–H groups in total. The second kappa shape index (κ2) is 4.73. The molecule has 0 radical (unpaired) electrons. The Balaban J connectivity index is 2.63. The van der Waals surface area contributed by atoms with Gasteiger partial charge >= 0.3 is 6.18 Å². The van der Waals surface area contributed by atoms with Crippen molar-refractivity contribution < 1.29 is 13.2 Å². The van der Waals surface area contributed by atoms with Gasteiger partial charge in [-0.25, -0.2) is 0 Å². The van der Waals surface area contributed by atoms with Gasteiger partial charge in [0, 0.05) is 17.5 Å². The van der Waals surface area contributed by atoms with E-state index in [1.165, 1.54) is 12.1 Å². The lowest BCUT2D eigenvalue weighted by molar-refractivity contribution is -0.137. The summed E-state index contributed by atoms with van der Waals surface area (Å²) in [4.78, 5) is 4.04. The molecule has 0 aliphatic rings. The zero-order chi connectivity index (χ0) is 14.0. The van der Waals surface area contributed by atoms with Gasteiger partial charge in [0.15, 0.2) is 0 Å². The summed E-state index contributed by atoms with van der Waals surface area (Å²) in [5.41, 5.74) is 0.364. The van der Waals surface area contributed by atoms with Gasteiger partial charge in [-0.05, 0) is 30.7 Å². The average molecular weight is 262 g/mol. The van der Waals surface area contributed by atoms with Crippen molar-refractivity contribution in [1.82, 2.24) is 4.98 Å². The van der Waals surface area contributed by atoms with Crippen LogP contribution in [0.4, 0.5) is 13.2 Å². The highest BCUT2D eigenvalue weighted by Crippen LogP contribution is 2.35. The van der Waals surface area contributed by atoms with E-state index in [2.05, 4.69) is 4.98 Å². The lowest BCUT2D eigenvalue weighted by Gasteiger charge is -2.11. The highest BCUT2D eigenvalue weighted by molar-refractivity contribution is 5.67. The number of halogens is 3. The predicted octanol–water partition coefficient (Wildman–Crippen LogP) is 3.95. The lowest BCUT2D eigenvalue weighted by Crippen LogP contribution is -2.08. The van der Waals surface area contributed by atoms with Gasteiger partial charge < -0.3 is 0 Å². The van der Waals surface area contributed by atoms with Crippen LogP contribution in [-0.2, 0) is 6.18 Å². The van der Waals surface area contributed by atoms with Gasteiger partial charge in [-0.1, -0.05) is 12.1 Å². The minimum atomic E-state index is -4.54. The fourth-order valence-electron chi connectivity index (χ4n) is 1.83. The molecule has 0 fully saturated rings. The number of alkyl halides is 3. The second-order valence-corrected chi connectivity index (χ2v) is 4.01. The van der Waals surface area contributed by atoms with Crippen LogP contribution in [0.25, 0.3) is 11.1 Å². The molecule has 0 aliphatic carbocycles. The maximum absolute atomic E-state index is 12.9. The van der Waals surface area contributed by atoms with E-state index in [9.17, 15) is 13.2 Å². The van der Waals surface area contributed by atoms with E-state index in [4.69, 9.17) is 5.26 Å². The first-order chi connectivity index (χ1) is 8.93. The third-order valence-electron chi connectivity index (χ3n) is 2.76. The molecule has 0 unspecified atom stereocenters. The Hall–Kier alpha value is -2.35. The molecule has 96 valence electrons. The molecule has 0 atom stereocenters. The summed E-state index contributed by atoms with van der Waals surface area (Å²) in [6.45, 7) is 1.72. The maximum Gasteiger partial charge on any atom is 0.417 e. The maximum atomic E-state index is 12.9. The van der Waals surface area contributed by atoms with E-state index in [1.54, 1.807) is 31.3 Å². The van der Waals surface area contributed by atoms with Crippen molar-refractivity contribution in [2.24, 2.45) is 0 Å². The van der Waals surface area contributed by atoms with Gasteiger partial charge in [0.2, 0.25) is 0 Å². The predicted molar refractivity (Wildman–Crippen MR) is 64.1 cm³/mol. The number of aromatic nitrogens is 1. The number of pyridine rings is 1. The number of benzene rings is 1. The van der Waals surface area contributed by atoms with E-state index in [0.717, 1.165) is 6.07 Å². The van der Waals surface area contributed by atoms with Crippen molar-refractivity contribution in [3.05, 3.63) is 53.3 Å². The fourth-order valence-corrected chi connectivity index (χ4v) is 1.83. The van der Waals surface area contributed by atoms with E-state index >= 15 is 0 Å². The molecule has 1 aromatic carbocycles. The zero-order valence-corrected chi connectivity index (χ0v) is 9.99. The molecule has 0 bridgehead atoms. The van der Waals surface area contributed by atoms with Crippen LogP contribution in [0, 0.1) is 18.3 Å². The summed E-state index contributed by atoms with van der Waals surface area (Å²) in [6, 6.07) is 8.59. The van der Waals surface area contributed by atoms with Crippen molar-refractivity contribution >= 4 is 0 Å². The first-order valence-corrected chi connectivity index (χ1v) is 5.47. The van der Waals surface area contributed by atoms with Crippen LogP contribution in [0.1, 0.15) is 16.8 Å². The van der Waals surface area contributed by atoms with Crippen LogP contribution in [0.2, 0.25) is 0 Å². The number of hydrogen-bond acceptors (Lipinski definition) is 2. The minimum Gasteiger partial charge on any atom is -0.261 e. The van der Waals surface area contributed by atoms with Crippen LogP contribution >= 0.6 is 0 Å². The van der Waals surface area contributed by atoms with Gasteiger partial charge in [-0.15, -0.1) is 0 Å². The molecular weight excluding hydrogens is 253 g/mol. The zero-order valence-electron chi connectivity index (χ0n) is 9.99. The average Bonchev–Trinajstić information content (AvgIpc) is 2.37. The first kappa shape index (κ1) is 13.1. The molecule has 2 aromatic rings. The molecule has 1 heterocycles. The summed E-state index contributed by atoms with van der Waals surface area (Å²) in [5, 5.41) is 8.74. The molecule has 1 aromatic heterocycles. The molecule has 5 heteroatoms. The minimum absolute atomic E-state index is 0.377. The van der Waals surface area contributed by atoms with Crippen LogP contribution < -0.4 is 0 Å². The van der Waals surface area contributed by atoms with Gasteiger partial charge in [0.25, 0.3) is 0 Å². The Morgan fingerprint density at radius 2 is 1.95 bits per heavy atom. The fraction of sp³-hybridized carbons (Fsp3) is 0.143. The van der Waals surface area contributed by atoms with E-state index < -0.39 is 11.7 Å². The molecule has 0 spiro atoms. The van der Waals surface area contributed by atoms with Crippen molar-refractivity contribution in [2.45, 2.75) is 13.1 Å². The number of nitriles is 1. The molecule has 0 amide bonds. The SMILES string of the molecule is Cc1ncccc1-c1ccc(C#N)c(C(F)(F)F)c1. The lowest BCUT2D eigenvalue weighted by atomic mass is 9.98. The summed E-state index contributed by atoms with van der Waals surface area (Å²) >= 11 is 0. The second-order valence-electron chi connectivity index (χ2n) is 4.01. The van der Waals surface area contributed by atoms with Crippen LogP contribution in [0.15, 0.2) is 36.5 Å². The summed E-state index contributed by atoms with van der Waals surface area (Å²) < 4.78 is 38.6. The van der Waals surface area contributed by atoms with Gasteiger partial charge in [0.05, 0.1) is 17.2 Å². The number of rotatable bonds is 1. The molecule has 2 rings (SSSR count). The number of nitrogens with zero attached hydrogens (tertiary/aromatic N) is 2. The van der Waals surface area contributed by atoms with Crippen LogP contribution in [-0.4, -0.2) is 4.98 Å². The Bertz CT molecular complexity index is 654. The number of hydrogen-bond donors (Lipinski definition) is 0. The van der Waals surface area contributed by atoms with Crippen molar-refractivity contribution in [3.63, 3.8) is 0 Å². The molecule has 0 saturated heterocycles. The van der Waals surface area contributed by atoms with E-state index in [0.29, 0.717) is 16.8 Å².